The van der Waals surface area contributed by atoms with Gasteiger partial charge in [-0.15, -0.1) is 0 Å². The van der Waals surface area contributed by atoms with Crippen LogP contribution in [0.4, 0.5) is 0 Å². The van der Waals surface area contributed by atoms with E-state index in [1.54, 1.807) is 10.8 Å². The summed E-state index contributed by atoms with van der Waals surface area (Å²) in [5.41, 5.74) is 2.63. The highest BCUT2D eigenvalue weighted by Crippen LogP contribution is 2.28. The number of para-hydroxylation sites is 1. The second-order valence-electron chi connectivity index (χ2n) is 8.45. The third-order valence-corrected chi connectivity index (χ3v) is 7.72. The maximum absolute atomic E-state index is 13.2. The van der Waals surface area contributed by atoms with E-state index in [0.717, 1.165) is 42.6 Å². The zero-order valence-corrected chi connectivity index (χ0v) is 18.4. The molecule has 1 saturated heterocycles. The van der Waals surface area contributed by atoms with Crippen LogP contribution in [0.5, 0.6) is 0 Å². The fourth-order valence-electron chi connectivity index (χ4n) is 4.08. The summed E-state index contributed by atoms with van der Waals surface area (Å²) in [6.07, 6.45) is 3.68. The van der Waals surface area contributed by atoms with Gasteiger partial charge in [-0.25, -0.2) is 8.42 Å². The van der Waals surface area contributed by atoms with Crippen LogP contribution >= 0.6 is 0 Å². The minimum absolute atomic E-state index is 0.0464. The van der Waals surface area contributed by atoms with Crippen LogP contribution in [0.3, 0.4) is 0 Å². The first-order valence-electron chi connectivity index (χ1n) is 10.5. The van der Waals surface area contributed by atoms with E-state index in [1.807, 2.05) is 60.4 Å². The summed E-state index contributed by atoms with van der Waals surface area (Å²) in [6.45, 7) is 5.91. The molecule has 3 aromatic rings. The zero-order valence-electron chi connectivity index (χ0n) is 17.5. The maximum Gasteiger partial charge on any atom is 0.242 e. The number of likely N-dealkylation sites (tertiary alicyclic amines) is 1. The van der Waals surface area contributed by atoms with Gasteiger partial charge in [0.25, 0.3) is 0 Å². The van der Waals surface area contributed by atoms with Crippen molar-refractivity contribution in [3.8, 4) is 0 Å². The molecular weight excluding hydrogens is 396 g/mol. The molecule has 1 aliphatic heterocycles. The maximum atomic E-state index is 13.2. The zero-order chi connectivity index (χ0) is 21.3. The van der Waals surface area contributed by atoms with Crippen molar-refractivity contribution < 1.29 is 13.2 Å². The molecule has 0 N–H and O–H groups in total. The van der Waals surface area contributed by atoms with Gasteiger partial charge >= 0.3 is 0 Å². The molecule has 0 atom stereocenters. The number of carbonyl (C=O) groups excluding carboxylic acids is 1. The molecule has 30 heavy (non-hydrogen) atoms. The highest BCUT2D eigenvalue weighted by molar-refractivity contribution is 7.90. The van der Waals surface area contributed by atoms with Gasteiger partial charge in [0.05, 0.1) is 10.6 Å². The van der Waals surface area contributed by atoms with Crippen LogP contribution in [0.2, 0.25) is 0 Å². The fraction of sp³-hybridized carbons (Fsp3) is 0.375. The van der Waals surface area contributed by atoms with Crippen LogP contribution in [0.1, 0.15) is 30.9 Å². The summed E-state index contributed by atoms with van der Waals surface area (Å²) >= 11 is 0. The number of benzene rings is 2. The lowest BCUT2D eigenvalue weighted by Crippen LogP contribution is -2.39. The van der Waals surface area contributed by atoms with Gasteiger partial charge < -0.3 is 9.47 Å². The summed E-state index contributed by atoms with van der Waals surface area (Å²) in [5.74, 6) is 0.643. The van der Waals surface area contributed by atoms with Gasteiger partial charge in [0.15, 0.2) is 9.84 Å². The first kappa shape index (κ1) is 20.7. The first-order valence-corrected chi connectivity index (χ1v) is 12.1. The molecule has 158 valence electrons. The number of hydrogen-bond acceptors (Lipinski definition) is 3. The molecule has 1 amide bonds. The van der Waals surface area contributed by atoms with Crippen molar-refractivity contribution >= 4 is 26.6 Å². The summed E-state index contributed by atoms with van der Waals surface area (Å²) in [7, 11) is -3.55. The number of rotatable bonds is 5. The number of amides is 1. The van der Waals surface area contributed by atoms with Gasteiger partial charge in [-0.3, -0.25) is 4.79 Å². The van der Waals surface area contributed by atoms with Gasteiger partial charge in [-0.1, -0.05) is 55.0 Å². The summed E-state index contributed by atoms with van der Waals surface area (Å²) < 4.78 is 28.2. The molecular formula is C24H28N2O3S. The predicted molar refractivity (Wildman–Crippen MR) is 119 cm³/mol. The summed E-state index contributed by atoms with van der Waals surface area (Å²) in [5, 5.41) is 0.671. The Morgan fingerprint density at radius 2 is 1.70 bits per heavy atom. The Bertz CT molecular complexity index is 1150. The van der Waals surface area contributed by atoms with Crippen molar-refractivity contribution in [2.45, 2.75) is 43.9 Å². The minimum Gasteiger partial charge on any atom is -0.341 e. The first-order chi connectivity index (χ1) is 14.3. The smallest absolute Gasteiger partial charge is 0.242 e. The molecule has 6 heteroatoms. The van der Waals surface area contributed by atoms with E-state index in [1.165, 1.54) is 0 Å². The fourth-order valence-corrected chi connectivity index (χ4v) is 5.66. The third-order valence-electron chi connectivity index (χ3n) is 6.01. The van der Waals surface area contributed by atoms with Crippen LogP contribution in [-0.2, 0) is 26.9 Å². The number of aryl methyl sites for hydroxylation is 1. The summed E-state index contributed by atoms with van der Waals surface area (Å²) in [6, 6.07) is 15.0. The Hall–Kier alpha value is -2.60. The largest absolute Gasteiger partial charge is 0.341 e. The normalized spacial score (nSPS) is 15.6. The lowest BCUT2D eigenvalue weighted by molar-refractivity contribution is -0.133. The number of sulfone groups is 1. The molecule has 4 rings (SSSR count). The number of nitrogens with zero attached hydrogens (tertiary/aromatic N) is 2. The number of aromatic nitrogens is 1. The van der Waals surface area contributed by atoms with Crippen LogP contribution in [0.15, 0.2) is 59.6 Å². The van der Waals surface area contributed by atoms with E-state index in [2.05, 4.69) is 6.92 Å². The molecule has 2 aromatic carbocycles. The van der Waals surface area contributed by atoms with Gasteiger partial charge in [-0.05, 0) is 37.3 Å². The Balaban J connectivity index is 1.63. The van der Waals surface area contributed by atoms with Crippen LogP contribution in [0.25, 0.3) is 10.9 Å². The van der Waals surface area contributed by atoms with E-state index in [9.17, 15) is 13.2 Å². The topological polar surface area (TPSA) is 59.4 Å². The number of carbonyl (C=O) groups is 1. The second kappa shape index (κ2) is 8.26. The van der Waals surface area contributed by atoms with Crippen LogP contribution < -0.4 is 0 Å². The van der Waals surface area contributed by atoms with Crippen molar-refractivity contribution in [3.63, 3.8) is 0 Å². The average Bonchev–Trinajstić information content (AvgIpc) is 3.10. The number of fused-ring (bicyclic) bond motifs is 1. The van der Waals surface area contributed by atoms with Gasteiger partial charge in [-0.2, -0.15) is 0 Å². The Labute approximate surface area is 178 Å². The third kappa shape index (κ3) is 4.29. The minimum atomic E-state index is -3.55. The molecule has 1 fully saturated rings. The highest BCUT2D eigenvalue weighted by atomic mass is 32.2. The molecule has 0 unspecified atom stereocenters. The van der Waals surface area contributed by atoms with E-state index >= 15 is 0 Å². The lowest BCUT2D eigenvalue weighted by atomic mass is 9.99. The van der Waals surface area contributed by atoms with Crippen molar-refractivity contribution in [3.05, 3.63) is 65.9 Å². The molecule has 2 heterocycles. The number of hydrogen-bond donors (Lipinski definition) is 0. The number of piperidine rings is 1. The van der Waals surface area contributed by atoms with E-state index < -0.39 is 9.84 Å². The van der Waals surface area contributed by atoms with E-state index in [-0.39, 0.29) is 18.2 Å². The van der Waals surface area contributed by atoms with E-state index in [0.29, 0.717) is 16.2 Å². The van der Waals surface area contributed by atoms with E-state index in [4.69, 9.17) is 0 Å². The SMILES string of the molecule is Cc1ccc(CS(=O)(=O)c2cn(CC(=O)N3CCC(C)CC3)c3ccccc23)cc1. The Morgan fingerprint density at radius 1 is 1.03 bits per heavy atom. The quantitative estimate of drug-likeness (QED) is 0.617. The molecule has 0 bridgehead atoms. The highest BCUT2D eigenvalue weighted by Gasteiger charge is 2.24. The molecule has 0 saturated carbocycles. The molecule has 1 aliphatic rings. The van der Waals surface area contributed by atoms with Crippen molar-refractivity contribution in [1.29, 1.82) is 0 Å². The molecule has 5 nitrogen and oxygen atoms in total. The van der Waals surface area contributed by atoms with Gasteiger partial charge in [0, 0.05) is 30.2 Å². The second-order valence-corrected chi connectivity index (χ2v) is 10.4. The van der Waals surface area contributed by atoms with Crippen LogP contribution in [-0.4, -0.2) is 36.9 Å². The predicted octanol–water partition coefficient (Wildman–Crippen LogP) is 4.18. The lowest BCUT2D eigenvalue weighted by Gasteiger charge is -2.30. The molecule has 0 spiro atoms. The molecule has 0 aliphatic carbocycles. The average molecular weight is 425 g/mol. The standard InChI is InChI=1S/C24H28N2O3S/c1-18-7-9-20(10-8-18)17-30(28,29)23-15-26(22-6-4-3-5-21(22)23)16-24(27)25-13-11-19(2)12-14-25/h3-10,15,19H,11-14,16-17H2,1-2H3. The monoisotopic (exact) mass is 424 g/mol. The van der Waals surface area contributed by atoms with Gasteiger partial charge in [0.2, 0.25) is 5.91 Å². The van der Waals surface area contributed by atoms with Gasteiger partial charge in [0.1, 0.15) is 6.54 Å². The summed E-state index contributed by atoms with van der Waals surface area (Å²) in [4.78, 5) is 15.0. The van der Waals surface area contributed by atoms with Crippen molar-refractivity contribution in [1.82, 2.24) is 9.47 Å². The molecule has 0 radical (unpaired) electrons. The Morgan fingerprint density at radius 3 is 2.40 bits per heavy atom. The van der Waals surface area contributed by atoms with Crippen molar-refractivity contribution in [2.24, 2.45) is 5.92 Å². The van der Waals surface area contributed by atoms with Crippen molar-refractivity contribution in [2.75, 3.05) is 13.1 Å². The molecule has 1 aromatic heterocycles. The Kier molecular flexibility index (Phi) is 5.69. The van der Waals surface area contributed by atoms with Crippen LogP contribution in [0, 0.1) is 12.8 Å².